The van der Waals surface area contributed by atoms with Crippen molar-refractivity contribution >= 4 is 57.7 Å². The molecule has 0 aliphatic carbocycles. The van der Waals surface area contributed by atoms with Gasteiger partial charge in [-0.05, 0) is 42.0 Å². The van der Waals surface area contributed by atoms with Gasteiger partial charge in [0.05, 0.1) is 22.2 Å². The highest BCUT2D eigenvalue weighted by molar-refractivity contribution is 6.35. The number of carbonyl (C=O) groups excluding carboxylic acids is 1. The van der Waals surface area contributed by atoms with E-state index in [1.807, 2.05) is 0 Å². The van der Waals surface area contributed by atoms with Crippen LogP contribution in [0, 0.1) is 10.1 Å². The fraction of sp³-hybridized carbons (Fsp3) is 0. The lowest BCUT2D eigenvalue weighted by Gasteiger charge is -2.07. The number of anilines is 1. The summed E-state index contributed by atoms with van der Waals surface area (Å²) < 4.78 is 5.71. The topological polar surface area (TPSA) is 98.3 Å². The molecule has 0 saturated heterocycles. The Morgan fingerprint density at radius 1 is 1.10 bits per heavy atom. The Labute approximate surface area is 186 Å². The lowest BCUT2D eigenvalue weighted by atomic mass is 10.1. The third kappa shape index (κ3) is 4.58. The van der Waals surface area contributed by atoms with Crippen LogP contribution >= 0.6 is 23.2 Å². The Bertz CT molecular complexity index is 1350. The fourth-order valence-corrected chi connectivity index (χ4v) is 3.37. The Balaban J connectivity index is 1.60. The van der Waals surface area contributed by atoms with E-state index in [1.165, 1.54) is 24.3 Å². The highest BCUT2D eigenvalue weighted by Gasteiger charge is 2.15. The van der Waals surface area contributed by atoms with Crippen LogP contribution in [0.4, 0.5) is 11.4 Å². The van der Waals surface area contributed by atoms with E-state index in [9.17, 15) is 14.9 Å². The van der Waals surface area contributed by atoms with Crippen molar-refractivity contribution in [3.05, 3.63) is 92.5 Å². The van der Waals surface area contributed by atoms with Crippen molar-refractivity contribution in [1.82, 2.24) is 4.98 Å². The summed E-state index contributed by atoms with van der Waals surface area (Å²) in [5, 5.41) is 14.7. The van der Waals surface area contributed by atoms with Gasteiger partial charge in [0.15, 0.2) is 5.58 Å². The second-order valence-corrected chi connectivity index (χ2v) is 7.31. The number of rotatable bonds is 5. The van der Waals surface area contributed by atoms with Gasteiger partial charge in [0.2, 0.25) is 11.8 Å². The number of hydrogen-bond acceptors (Lipinski definition) is 5. The summed E-state index contributed by atoms with van der Waals surface area (Å²) in [6.45, 7) is 0. The molecule has 0 unspecified atom stereocenters. The fourth-order valence-electron chi connectivity index (χ4n) is 2.90. The third-order valence-corrected chi connectivity index (χ3v) is 4.94. The number of para-hydroxylation sites is 1. The minimum absolute atomic E-state index is 0.0946. The second-order valence-electron chi connectivity index (χ2n) is 6.46. The second kappa shape index (κ2) is 8.59. The van der Waals surface area contributed by atoms with Crippen molar-refractivity contribution in [2.45, 2.75) is 0 Å². The summed E-state index contributed by atoms with van der Waals surface area (Å²) in [6, 6.07) is 16.1. The highest BCUT2D eigenvalue weighted by Crippen LogP contribution is 2.31. The summed E-state index contributed by atoms with van der Waals surface area (Å²) in [5.74, 6) is -0.152. The molecular weight excluding hydrogens is 441 g/mol. The molecule has 0 fully saturated rings. The number of fused-ring (bicyclic) bond motifs is 1. The molecule has 1 N–H and O–H groups in total. The van der Waals surface area contributed by atoms with Crippen molar-refractivity contribution in [3.63, 3.8) is 0 Å². The molecule has 1 heterocycles. The molecule has 9 heteroatoms. The van der Waals surface area contributed by atoms with Gasteiger partial charge in [0, 0.05) is 22.2 Å². The Hall–Kier alpha value is -3.68. The van der Waals surface area contributed by atoms with E-state index >= 15 is 0 Å². The molecule has 7 nitrogen and oxygen atoms in total. The number of aromatic nitrogens is 1. The van der Waals surface area contributed by atoms with Crippen LogP contribution in [0.2, 0.25) is 10.0 Å². The number of benzene rings is 3. The van der Waals surface area contributed by atoms with Gasteiger partial charge in [0.1, 0.15) is 5.52 Å². The summed E-state index contributed by atoms with van der Waals surface area (Å²) >= 11 is 12.0. The van der Waals surface area contributed by atoms with Crippen molar-refractivity contribution < 1.29 is 14.1 Å². The van der Waals surface area contributed by atoms with Crippen molar-refractivity contribution in [1.29, 1.82) is 0 Å². The number of nitrogens with one attached hydrogen (secondary N) is 1. The zero-order chi connectivity index (χ0) is 22.0. The molecule has 31 heavy (non-hydrogen) atoms. The summed E-state index contributed by atoms with van der Waals surface area (Å²) in [6.07, 6.45) is 2.93. The predicted molar refractivity (Wildman–Crippen MR) is 120 cm³/mol. The van der Waals surface area contributed by atoms with Gasteiger partial charge in [-0.25, -0.2) is 4.98 Å². The highest BCUT2D eigenvalue weighted by atomic mass is 35.5. The van der Waals surface area contributed by atoms with Crippen LogP contribution in [0.15, 0.2) is 71.2 Å². The Morgan fingerprint density at radius 2 is 1.90 bits per heavy atom. The first-order valence-corrected chi connectivity index (χ1v) is 9.75. The van der Waals surface area contributed by atoms with E-state index in [1.54, 1.807) is 48.5 Å². The summed E-state index contributed by atoms with van der Waals surface area (Å²) in [5.41, 5.74) is 2.31. The van der Waals surface area contributed by atoms with Crippen molar-refractivity contribution in [2.24, 2.45) is 0 Å². The van der Waals surface area contributed by atoms with E-state index in [4.69, 9.17) is 27.6 Å². The molecule has 0 bridgehead atoms. The molecule has 0 atom stereocenters. The molecule has 3 aromatic carbocycles. The first kappa shape index (κ1) is 20.6. The number of oxazole rings is 1. The van der Waals surface area contributed by atoms with Gasteiger partial charge < -0.3 is 9.73 Å². The van der Waals surface area contributed by atoms with Gasteiger partial charge in [-0.15, -0.1) is 0 Å². The monoisotopic (exact) mass is 453 g/mol. The number of carbonyl (C=O) groups is 1. The normalized spacial score (nSPS) is 11.2. The molecule has 0 aliphatic rings. The minimum Gasteiger partial charge on any atom is -0.436 e. The van der Waals surface area contributed by atoms with Gasteiger partial charge >= 0.3 is 0 Å². The van der Waals surface area contributed by atoms with Crippen LogP contribution in [0.3, 0.4) is 0 Å². The molecule has 0 radical (unpaired) electrons. The summed E-state index contributed by atoms with van der Waals surface area (Å²) in [7, 11) is 0. The van der Waals surface area contributed by atoms with Gasteiger partial charge in [-0.3, -0.25) is 14.9 Å². The minimum atomic E-state index is -0.505. The van der Waals surface area contributed by atoms with Crippen LogP contribution in [0.1, 0.15) is 5.56 Å². The molecular formula is C22H13Cl2N3O4. The van der Waals surface area contributed by atoms with Crippen LogP contribution in [0.5, 0.6) is 0 Å². The summed E-state index contributed by atoms with van der Waals surface area (Å²) in [4.78, 5) is 27.3. The molecule has 1 aromatic heterocycles. The molecule has 4 rings (SSSR count). The third-order valence-electron chi connectivity index (χ3n) is 4.37. The SMILES string of the molecule is O=C(C=Cc1ccc(Cl)cc1Cl)Nc1ccccc1-c1nc2ccc([N+](=O)[O-])cc2o1. The van der Waals surface area contributed by atoms with Gasteiger partial charge in [-0.2, -0.15) is 0 Å². The number of nitro benzene ring substituents is 1. The zero-order valence-corrected chi connectivity index (χ0v) is 17.2. The maximum Gasteiger partial charge on any atom is 0.273 e. The predicted octanol–water partition coefficient (Wildman–Crippen LogP) is 6.36. The van der Waals surface area contributed by atoms with E-state index in [0.29, 0.717) is 32.4 Å². The van der Waals surface area contributed by atoms with Gasteiger partial charge in [0.25, 0.3) is 5.69 Å². The smallest absolute Gasteiger partial charge is 0.273 e. The van der Waals surface area contributed by atoms with E-state index < -0.39 is 4.92 Å². The molecule has 4 aromatic rings. The lowest BCUT2D eigenvalue weighted by Crippen LogP contribution is -2.08. The van der Waals surface area contributed by atoms with Gasteiger partial charge in [-0.1, -0.05) is 41.4 Å². The first-order valence-electron chi connectivity index (χ1n) is 8.99. The maximum absolute atomic E-state index is 12.4. The number of hydrogen-bond donors (Lipinski definition) is 1. The van der Waals surface area contributed by atoms with Crippen LogP contribution in [-0.4, -0.2) is 15.8 Å². The number of amides is 1. The Morgan fingerprint density at radius 3 is 2.68 bits per heavy atom. The number of nitrogens with zero attached hydrogens (tertiary/aromatic N) is 2. The van der Waals surface area contributed by atoms with Crippen molar-refractivity contribution in [2.75, 3.05) is 5.32 Å². The molecule has 1 amide bonds. The first-order chi connectivity index (χ1) is 14.9. The number of nitro groups is 1. The van der Waals surface area contributed by atoms with E-state index in [-0.39, 0.29) is 23.1 Å². The van der Waals surface area contributed by atoms with E-state index in [2.05, 4.69) is 10.3 Å². The van der Waals surface area contributed by atoms with E-state index in [0.717, 1.165) is 0 Å². The number of halogens is 2. The molecule has 154 valence electrons. The maximum atomic E-state index is 12.4. The molecule has 0 spiro atoms. The van der Waals surface area contributed by atoms with Crippen LogP contribution in [0.25, 0.3) is 28.6 Å². The quantitative estimate of drug-likeness (QED) is 0.215. The molecule has 0 saturated carbocycles. The average Bonchev–Trinajstić information content (AvgIpc) is 3.16. The van der Waals surface area contributed by atoms with Crippen LogP contribution < -0.4 is 5.32 Å². The van der Waals surface area contributed by atoms with Crippen molar-refractivity contribution in [3.8, 4) is 11.5 Å². The standard InChI is InChI=1S/C22H13Cl2N3O4/c23-14-7-5-13(17(24)11-14)6-10-21(28)25-18-4-2-1-3-16(18)22-26-19-9-8-15(27(29)30)12-20(19)31-22/h1-12H,(H,25,28). The zero-order valence-electron chi connectivity index (χ0n) is 15.7. The average molecular weight is 454 g/mol. The Kier molecular flexibility index (Phi) is 5.70. The lowest BCUT2D eigenvalue weighted by molar-refractivity contribution is -0.384. The van der Waals surface area contributed by atoms with Crippen LogP contribution in [-0.2, 0) is 4.79 Å². The largest absolute Gasteiger partial charge is 0.436 e. The molecule has 0 aliphatic heterocycles. The number of non-ortho nitro benzene ring substituents is 1.